The highest BCUT2D eigenvalue weighted by Crippen LogP contribution is 2.22. The third-order valence-electron chi connectivity index (χ3n) is 2.60. The van der Waals surface area contributed by atoms with Gasteiger partial charge in [-0.05, 0) is 46.5 Å². The van der Waals surface area contributed by atoms with Gasteiger partial charge in [-0.3, -0.25) is 0 Å². The van der Waals surface area contributed by atoms with E-state index in [-0.39, 0.29) is 6.04 Å². The van der Waals surface area contributed by atoms with Gasteiger partial charge in [0.15, 0.2) is 11.6 Å². The van der Waals surface area contributed by atoms with Gasteiger partial charge in [0.05, 0.1) is 0 Å². The van der Waals surface area contributed by atoms with Crippen molar-refractivity contribution in [2.45, 2.75) is 18.9 Å². The lowest BCUT2D eigenvalue weighted by atomic mass is 10.0. The zero-order chi connectivity index (χ0) is 13.1. The molecule has 2 aromatic rings. The van der Waals surface area contributed by atoms with E-state index in [0.29, 0.717) is 18.4 Å². The van der Waals surface area contributed by atoms with Crippen molar-refractivity contribution in [3.8, 4) is 0 Å². The van der Waals surface area contributed by atoms with Crippen molar-refractivity contribution < 1.29 is 8.78 Å². The minimum absolute atomic E-state index is 0.216. The Hall–Kier alpha value is -0.780. The predicted molar refractivity (Wildman–Crippen MR) is 73.8 cm³/mol. The predicted octanol–water partition coefficient (Wildman–Crippen LogP) is 3.90. The first-order valence-electron chi connectivity index (χ1n) is 5.47. The standard InChI is InChI=1S/C13H12BrF2NS/c14-9-5-11(18-7-9)6-10(17)4-8-2-1-3-12(15)13(8)16/h1-3,5,7,10H,4,6,17H2. The molecule has 0 saturated carbocycles. The Morgan fingerprint density at radius 1 is 1.28 bits per heavy atom. The van der Waals surface area contributed by atoms with Gasteiger partial charge in [-0.25, -0.2) is 8.78 Å². The second kappa shape index (κ2) is 5.91. The summed E-state index contributed by atoms with van der Waals surface area (Å²) in [5, 5.41) is 1.98. The van der Waals surface area contributed by atoms with Crippen molar-refractivity contribution >= 4 is 27.3 Å². The average molecular weight is 332 g/mol. The van der Waals surface area contributed by atoms with E-state index < -0.39 is 11.6 Å². The quantitative estimate of drug-likeness (QED) is 0.903. The SMILES string of the molecule is NC(Cc1cc(Br)cs1)Cc1cccc(F)c1F. The topological polar surface area (TPSA) is 26.0 Å². The van der Waals surface area contributed by atoms with Crippen LogP contribution in [0.4, 0.5) is 8.78 Å². The van der Waals surface area contributed by atoms with Crippen LogP contribution in [-0.4, -0.2) is 6.04 Å². The van der Waals surface area contributed by atoms with Gasteiger partial charge in [-0.2, -0.15) is 0 Å². The van der Waals surface area contributed by atoms with E-state index in [1.165, 1.54) is 6.07 Å². The zero-order valence-electron chi connectivity index (χ0n) is 9.50. The highest BCUT2D eigenvalue weighted by Gasteiger charge is 2.12. The first-order chi connectivity index (χ1) is 8.56. The number of hydrogen-bond acceptors (Lipinski definition) is 2. The van der Waals surface area contributed by atoms with Crippen molar-refractivity contribution in [2.24, 2.45) is 5.73 Å². The van der Waals surface area contributed by atoms with Gasteiger partial charge in [0, 0.05) is 20.8 Å². The molecule has 0 spiro atoms. The number of benzene rings is 1. The lowest BCUT2D eigenvalue weighted by Gasteiger charge is -2.11. The van der Waals surface area contributed by atoms with Crippen molar-refractivity contribution in [3.63, 3.8) is 0 Å². The van der Waals surface area contributed by atoms with Crippen LogP contribution in [0.15, 0.2) is 34.1 Å². The van der Waals surface area contributed by atoms with Crippen LogP contribution in [0.1, 0.15) is 10.4 Å². The van der Waals surface area contributed by atoms with E-state index in [4.69, 9.17) is 5.73 Å². The fourth-order valence-corrected chi connectivity index (χ4v) is 3.33. The van der Waals surface area contributed by atoms with Crippen molar-refractivity contribution in [1.29, 1.82) is 0 Å². The van der Waals surface area contributed by atoms with Crippen molar-refractivity contribution in [1.82, 2.24) is 0 Å². The molecule has 0 bridgehead atoms. The highest BCUT2D eigenvalue weighted by molar-refractivity contribution is 9.10. The molecule has 0 aliphatic heterocycles. The number of rotatable bonds is 4. The summed E-state index contributed by atoms with van der Waals surface area (Å²) in [5.41, 5.74) is 6.30. The zero-order valence-corrected chi connectivity index (χ0v) is 11.9. The Kier molecular flexibility index (Phi) is 4.48. The van der Waals surface area contributed by atoms with E-state index in [9.17, 15) is 8.78 Å². The number of halogens is 3. The van der Waals surface area contributed by atoms with E-state index in [0.717, 1.165) is 15.4 Å². The van der Waals surface area contributed by atoms with Crippen LogP contribution in [-0.2, 0) is 12.8 Å². The van der Waals surface area contributed by atoms with Crippen LogP contribution in [0.25, 0.3) is 0 Å². The molecule has 1 atom stereocenters. The monoisotopic (exact) mass is 331 g/mol. The van der Waals surface area contributed by atoms with Crippen LogP contribution in [0.5, 0.6) is 0 Å². The fourth-order valence-electron chi connectivity index (χ4n) is 1.78. The van der Waals surface area contributed by atoms with Gasteiger partial charge >= 0.3 is 0 Å². The Morgan fingerprint density at radius 3 is 2.72 bits per heavy atom. The Labute approximate surface area is 117 Å². The fraction of sp³-hybridized carbons (Fsp3) is 0.231. The van der Waals surface area contributed by atoms with Gasteiger partial charge < -0.3 is 5.73 Å². The molecular formula is C13H12BrF2NS. The first kappa shape index (κ1) is 13.6. The maximum absolute atomic E-state index is 13.5. The summed E-state index contributed by atoms with van der Waals surface area (Å²) < 4.78 is 27.5. The van der Waals surface area contributed by atoms with Crippen molar-refractivity contribution in [3.05, 3.63) is 56.2 Å². The molecule has 5 heteroatoms. The largest absolute Gasteiger partial charge is 0.327 e. The van der Waals surface area contributed by atoms with Crippen LogP contribution in [0.3, 0.4) is 0 Å². The molecule has 18 heavy (non-hydrogen) atoms. The summed E-state index contributed by atoms with van der Waals surface area (Å²) in [7, 11) is 0. The summed E-state index contributed by atoms with van der Waals surface area (Å²) in [6.45, 7) is 0. The molecule has 0 fully saturated rings. The molecule has 96 valence electrons. The normalized spacial score (nSPS) is 12.7. The summed E-state index contributed by atoms with van der Waals surface area (Å²) >= 11 is 4.97. The molecule has 1 nitrogen and oxygen atoms in total. The molecule has 1 aromatic carbocycles. The molecule has 1 unspecified atom stereocenters. The smallest absolute Gasteiger partial charge is 0.162 e. The second-order valence-corrected chi connectivity index (χ2v) is 6.02. The number of thiophene rings is 1. The molecule has 0 radical (unpaired) electrons. The molecule has 0 aliphatic carbocycles. The van der Waals surface area contributed by atoms with E-state index in [2.05, 4.69) is 15.9 Å². The summed E-state index contributed by atoms with van der Waals surface area (Å²) in [4.78, 5) is 1.13. The molecule has 2 N–H and O–H groups in total. The van der Waals surface area contributed by atoms with Gasteiger partial charge in [-0.1, -0.05) is 12.1 Å². The average Bonchev–Trinajstić information content (AvgIpc) is 2.70. The second-order valence-electron chi connectivity index (χ2n) is 4.11. The molecule has 0 saturated heterocycles. The maximum atomic E-state index is 13.5. The van der Waals surface area contributed by atoms with Crippen LogP contribution < -0.4 is 5.73 Å². The highest BCUT2D eigenvalue weighted by atomic mass is 79.9. The molecular weight excluding hydrogens is 320 g/mol. The third kappa shape index (κ3) is 3.37. The lowest BCUT2D eigenvalue weighted by Crippen LogP contribution is -2.25. The molecule has 0 amide bonds. The summed E-state index contributed by atoms with van der Waals surface area (Å²) in [6, 6.07) is 5.96. The number of hydrogen-bond donors (Lipinski definition) is 1. The van der Waals surface area contributed by atoms with Gasteiger partial charge in [0.2, 0.25) is 0 Å². The van der Waals surface area contributed by atoms with Crippen LogP contribution in [0.2, 0.25) is 0 Å². The minimum atomic E-state index is -0.821. The van der Waals surface area contributed by atoms with Gasteiger partial charge in [0.25, 0.3) is 0 Å². The van der Waals surface area contributed by atoms with E-state index >= 15 is 0 Å². The summed E-state index contributed by atoms with van der Waals surface area (Å²) in [5.74, 6) is -1.61. The molecule has 2 rings (SSSR count). The van der Waals surface area contributed by atoms with Crippen LogP contribution >= 0.6 is 27.3 Å². The van der Waals surface area contributed by atoms with Gasteiger partial charge in [0.1, 0.15) is 0 Å². The molecule has 1 aromatic heterocycles. The maximum Gasteiger partial charge on any atom is 0.162 e. The Morgan fingerprint density at radius 2 is 2.06 bits per heavy atom. The number of nitrogens with two attached hydrogens (primary N) is 1. The van der Waals surface area contributed by atoms with Crippen LogP contribution in [0, 0.1) is 11.6 Å². The van der Waals surface area contributed by atoms with E-state index in [1.807, 2.05) is 11.4 Å². The molecule has 0 aliphatic rings. The third-order valence-corrected chi connectivity index (χ3v) is 4.32. The summed E-state index contributed by atoms with van der Waals surface area (Å²) in [6.07, 6.45) is 0.991. The lowest BCUT2D eigenvalue weighted by molar-refractivity contribution is 0.493. The molecule has 1 heterocycles. The first-order valence-corrected chi connectivity index (χ1v) is 7.15. The van der Waals surface area contributed by atoms with E-state index in [1.54, 1.807) is 17.4 Å². The van der Waals surface area contributed by atoms with Crippen molar-refractivity contribution in [2.75, 3.05) is 0 Å². The Balaban J connectivity index is 2.03. The minimum Gasteiger partial charge on any atom is -0.327 e. The Bertz CT molecular complexity index is 542. The van der Waals surface area contributed by atoms with Gasteiger partial charge in [-0.15, -0.1) is 11.3 Å².